The van der Waals surface area contributed by atoms with Crippen LogP contribution in [0.25, 0.3) is 0 Å². The predicted molar refractivity (Wildman–Crippen MR) is 87.1 cm³/mol. The molecule has 5 nitrogen and oxygen atoms in total. The van der Waals surface area contributed by atoms with Crippen LogP contribution in [0.4, 0.5) is 0 Å². The Kier molecular flexibility index (Phi) is 5.58. The normalized spacial score (nSPS) is 22.3. The van der Waals surface area contributed by atoms with Gasteiger partial charge in [0.15, 0.2) is 0 Å². The van der Waals surface area contributed by atoms with Crippen molar-refractivity contribution in [2.45, 2.75) is 31.7 Å². The minimum absolute atomic E-state index is 0.0342. The summed E-state index contributed by atoms with van der Waals surface area (Å²) in [6.07, 6.45) is 3.41. The molecule has 1 aliphatic carbocycles. The lowest BCUT2D eigenvalue weighted by molar-refractivity contribution is 0.0680. The molecule has 0 atom stereocenters. The second kappa shape index (κ2) is 7.24. The second-order valence-electron chi connectivity index (χ2n) is 5.94. The number of sulfonamides is 1. The maximum absolute atomic E-state index is 12.4. The number of rotatable bonds is 5. The number of benzene rings is 1. The smallest absolute Gasteiger partial charge is 0.253 e. The summed E-state index contributed by atoms with van der Waals surface area (Å²) >= 11 is 0. The predicted octanol–water partition coefficient (Wildman–Crippen LogP) is 1.87. The Morgan fingerprint density at radius 3 is 2.32 bits per heavy atom. The van der Waals surface area contributed by atoms with Crippen molar-refractivity contribution in [1.29, 1.82) is 0 Å². The Balaban J connectivity index is 1.90. The third-order valence-electron chi connectivity index (χ3n) is 4.47. The van der Waals surface area contributed by atoms with E-state index in [2.05, 4.69) is 4.72 Å². The Bertz CT molecular complexity index is 593. The quantitative estimate of drug-likeness (QED) is 0.899. The summed E-state index contributed by atoms with van der Waals surface area (Å²) in [6.45, 7) is 0. The summed E-state index contributed by atoms with van der Waals surface area (Å²) in [5.41, 5.74) is 0.699. The van der Waals surface area contributed by atoms with Crippen LogP contribution in [0, 0.1) is 5.92 Å². The average molecular weight is 324 g/mol. The lowest BCUT2D eigenvalue weighted by Crippen LogP contribution is -2.40. The number of carbonyl (C=O) groups is 1. The van der Waals surface area contributed by atoms with Crippen molar-refractivity contribution in [3.05, 3.63) is 35.9 Å². The summed E-state index contributed by atoms with van der Waals surface area (Å²) in [7, 11) is 0.143. The first-order chi connectivity index (χ1) is 10.4. The van der Waals surface area contributed by atoms with Crippen LogP contribution >= 0.6 is 0 Å². The number of hydrogen-bond donors (Lipinski definition) is 1. The lowest BCUT2D eigenvalue weighted by Gasteiger charge is -2.34. The van der Waals surface area contributed by atoms with Crippen molar-refractivity contribution < 1.29 is 13.2 Å². The van der Waals surface area contributed by atoms with Gasteiger partial charge in [-0.1, -0.05) is 18.2 Å². The molecule has 0 saturated heterocycles. The Morgan fingerprint density at radius 2 is 1.77 bits per heavy atom. The first-order valence-corrected chi connectivity index (χ1v) is 9.31. The molecular formula is C16H24N2O3S. The SMILES string of the molecule is CNS(=O)(=O)CC1CCC(N(C)C(=O)c2ccccc2)CC1. The zero-order valence-corrected chi connectivity index (χ0v) is 14.0. The van der Waals surface area contributed by atoms with Gasteiger partial charge >= 0.3 is 0 Å². The van der Waals surface area contributed by atoms with Gasteiger partial charge in [-0.2, -0.15) is 0 Å². The molecule has 122 valence electrons. The lowest BCUT2D eigenvalue weighted by atomic mass is 9.86. The molecule has 0 aromatic heterocycles. The van der Waals surface area contributed by atoms with Crippen molar-refractivity contribution in [2.75, 3.05) is 19.8 Å². The second-order valence-corrected chi connectivity index (χ2v) is 7.91. The molecular weight excluding hydrogens is 300 g/mol. The summed E-state index contributed by atoms with van der Waals surface area (Å²) in [5.74, 6) is 0.410. The fraction of sp³-hybridized carbons (Fsp3) is 0.562. The van der Waals surface area contributed by atoms with Gasteiger partial charge in [-0.25, -0.2) is 13.1 Å². The molecule has 1 aromatic carbocycles. The Hall–Kier alpha value is -1.40. The van der Waals surface area contributed by atoms with Gasteiger partial charge in [-0.05, 0) is 50.8 Å². The van der Waals surface area contributed by atoms with Crippen LogP contribution in [0.3, 0.4) is 0 Å². The first kappa shape index (κ1) is 17.0. The van der Waals surface area contributed by atoms with Crippen LogP contribution in [0.15, 0.2) is 30.3 Å². The van der Waals surface area contributed by atoms with E-state index in [1.807, 2.05) is 37.4 Å². The maximum atomic E-state index is 12.4. The molecule has 1 amide bonds. The van der Waals surface area contributed by atoms with Crippen LogP contribution in [0.5, 0.6) is 0 Å². The van der Waals surface area contributed by atoms with Crippen molar-refractivity contribution >= 4 is 15.9 Å². The van der Waals surface area contributed by atoms with Gasteiger partial charge in [-0.15, -0.1) is 0 Å². The average Bonchev–Trinajstić information content (AvgIpc) is 2.55. The topological polar surface area (TPSA) is 66.5 Å². The molecule has 0 aliphatic heterocycles. The van der Waals surface area contributed by atoms with E-state index in [4.69, 9.17) is 0 Å². The summed E-state index contributed by atoms with van der Waals surface area (Å²) in [6, 6.07) is 9.46. The maximum Gasteiger partial charge on any atom is 0.253 e. The minimum Gasteiger partial charge on any atom is -0.339 e. The molecule has 2 rings (SSSR count). The number of hydrogen-bond acceptors (Lipinski definition) is 3. The highest BCUT2D eigenvalue weighted by molar-refractivity contribution is 7.89. The molecule has 0 spiro atoms. The van der Waals surface area contributed by atoms with E-state index >= 15 is 0 Å². The number of nitrogens with zero attached hydrogens (tertiary/aromatic N) is 1. The molecule has 1 fully saturated rings. The highest BCUT2D eigenvalue weighted by atomic mass is 32.2. The van der Waals surface area contributed by atoms with Crippen LogP contribution < -0.4 is 4.72 Å². The van der Waals surface area contributed by atoms with E-state index in [-0.39, 0.29) is 23.6 Å². The first-order valence-electron chi connectivity index (χ1n) is 7.66. The van der Waals surface area contributed by atoms with Crippen LogP contribution in [0.1, 0.15) is 36.0 Å². The van der Waals surface area contributed by atoms with Crippen LogP contribution in [0.2, 0.25) is 0 Å². The van der Waals surface area contributed by atoms with Gasteiger partial charge in [0.1, 0.15) is 0 Å². The van der Waals surface area contributed by atoms with Crippen molar-refractivity contribution in [1.82, 2.24) is 9.62 Å². The number of nitrogens with one attached hydrogen (secondary N) is 1. The van der Waals surface area contributed by atoms with Gasteiger partial charge < -0.3 is 4.90 Å². The zero-order valence-electron chi connectivity index (χ0n) is 13.2. The minimum atomic E-state index is -3.15. The molecule has 0 heterocycles. The molecule has 22 heavy (non-hydrogen) atoms. The van der Waals surface area contributed by atoms with E-state index in [1.54, 1.807) is 4.90 Å². The fourth-order valence-electron chi connectivity index (χ4n) is 3.04. The van der Waals surface area contributed by atoms with Crippen LogP contribution in [-0.2, 0) is 10.0 Å². The molecule has 1 aromatic rings. The summed E-state index contributed by atoms with van der Waals surface area (Å²) in [5, 5.41) is 0. The van der Waals surface area contributed by atoms with E-state index in [1.165, 1.54) is 7.05 Å². The third-order valence-corrected chi connectivity index (χ3v) is 6.00. The van der Waals surface area contributed by atoms with Crippen molar-refractivity contribution in [2.24, 2.45) is 5.92 Å². The third kappa shape index (κ3) is 4.30. The molecule has 0 bridgehead atoms. The van der Waals surface area contributed by atoms with Gasteiger partial charge in [0.05, 0.1) is 5.75 Å². The van der Waals surface area contributed by atoms with Crippen molar-refractivity contribution in [3.8, 4) is 0 Å². The van der Waals surface area contributed by atoms with Gasteiger partial charge in [0.25, 0.3) is 5.91 Å². The Labute approximate surface area is 132 Å². The highest BCUT2D eigenvalue weighted by Crippen LogP contribution is 2.28. The molecule has 0 radical (unpaired) electrons. The highest BCUT2D eigenvalue weighted by Gasteiger charge is 2.29. The van der Waals surface area contributed by atoms with Gasteiger partial charge in [0.2, 0.25) is 10.0 Å². The summed E-state index contributed by atoms with van der Waals surface area (Å²) in [4.78, 5) is 14.2. The van der Waals surface area contributed by atoms with E-state index in [0.29, 0.717) is 5.56 Å². The monoisotopic (exact) mass is 324 g/mol. The van der Waals surface area contributed by atoms with Crippen molar-refractivity contribution in [3.63, 3.8) is 0 Å². The Morgan fingerprint density at radius 1 is 1.18 bits per heavy atom. The van der Waals surface area contributed by atoms with Gasteiger partial charge in [-0.3, -0.25) is 4.79 Å². The largest absolute Gasteiger partial charge is 0.339 e. The molecule has 1 saturated carbocycles. The van der Waals surface area contributed by atoms with Gasteiger partial charge in [0, 0.05) is 18.7 Å². The summed E-state index contributed by atoms with van der Waals surface area (Å²) < 4.78 is 25.6. The molecule has 0 unspecified atom stereocenters. The number of amides is 1. The van der Waals surface area contributed by atoms with E-state index in [9.17, 15) is 13.2 Å². The molecule has 6 heteroatoms. The fourth-order valence-corrected chi connectivity index (χ4v) is 4.16. The standard InChI is InChI=1S/C16H24N2O3S/c1-17-22(20,21)12-13-8-10-15(11-9-13)18(2)16(19)14-6-4-3-5-7-14/h3-7,13,15,17H,8-12H2,1-2H3. The van der Waals surface area contributed by atoms with Crippen LogP contribution in [-0.4, -0.2) is 45.1 Å². The number of carbonyl (C=O) groups excluding carboxylic acids is 1. The zero-order chi connectivity index (χ0) is 16.2. The molecule has 1 aliphatic rings. The van der Waals surface area contributed by atoms with E-state index < -0.39 is 10.0 Å². The van der Waals surface area contributed by atoms with E-state index in [0.717, 1.165) is 25.7 Å². The molecule has 1 N–H and O–H groups in total.